The van der Waals surface area contributed by atoms with Crippen molar-refractivity contribution in [3.8, 4) is 0 Å². The second-order valence-electron chi connectivity index (χ2n) is 5.61. The molecule has 7 heteroatoms. The van der Waals surface area contributed by atoms with E-state index in [-0.39, 0.29) is 5.75 Å². The lowest BCUT2D eigenvalue weighted by Crippen LogP contribution is -2.43. The van der Waals surface area contributed by atoms with Gasteiger partial charge in [-0.2, -0.15) is 0 Å². The summed E-state index contributed by atoms with van der Waals surface area (Å²) in [7, 11) is -1.35. The zero-order chi connectivity index (χ0) is 14.5. The summed E-state index contributed by atoms with van der Waals surface area (Å²) in [5.41, 5.74) is 0.321. The molecule has 0 radical (unpaired) electrons. The van der Waals surface area contributed by atoms with Crippen molar-refractivity contribution in [2.24, 2.45) is 10.4 Å². The first-order valence-corrected chi connectivity index (χ1v) is 8.38. The van der Waals surface area contributed by atoms with Crippen LogP contribution in [0.3, 0.4) is 0 Å². The number of rotatable bonds is 5. The fraction of sp³-hybridized carbons (Fsp3) is 0.917. The SMILES string of the molecule is CCS(=O)(=O)NCCNC(=NC)N1CCC(C)(C)C1. The lowest BCUT2D eigenvalue weighted by molar-refractivity contribution is 0.370. The Labute approximate surface area is 116 Å². The van der Waals surface area contributed by atoms with Gasteiger partial charge in [-0.3, -0.25) is 4.99 Å². The van der Waals surface area contributed by atoms with Crippen LogP contribution in [0.2, 0.25) is 0 Å². The van der Waals surface area contributed by atoms with Crippen molar-refractivity contribution in [3.63, 3.8) is 0 Å². The summed E-state index contributed by atoms with van der Waals surface area (Å²) in [5.74, 6) is 0.962. The Morgan fingerprint density at radius 2 is 2.05 bits per heavy atom. The number of hydrogen-bond donors (Lipinski definition) is 2. The van der Waals surface area contributed by atoms with Gasteiger partial charge in [-0.15, -0.1) is 0 Å². The number of nitrogens with one attached hydrogen (secondary N) is 2. The van der Waals surface area contributed by atoms with Gasteiger partial charge in [0.2, 0.25) is 10.0 Å². The molecule has 0 spiro atoms. The molecular formula is C12H26N4O2S. The van der Waals surface area contributed by atoms with Crippen LogP contribution in [-0.4, -0.2) is 58.3 Å². The number of nitrogens with zero attached hydrogens (tertiary/aromatic N) is 2. The van der Waals surface area contributed by atoms with Gasteiger partial charge in [0.1, 0.15) is 0 Å². The van der Waals surface area contributed by atoms with Crippen molar-refractivity contribution in [1.82, 2.24) is 14.9 Å². The molecular weight excluding hydrogens is 264 g/mol. The van der Waals surface area contributed by atoms with E-state index in [0.29, 0.717) is 18.5 Å². The summed E-state index contributed by atoms with van der Waals surface area (Å²) in [6.45, 7) is 9.02. The van der Waals surface area contributed by atoms with Crippen LogP contribution in [0.5, 0.6) is 0 Å². The maximum atomic E-state index is 11.3. The number of hydrogen-bond acceptors (Lipinski definition) is 3. The first-order chi connectivity index (χ1) is 8.79. The van der Waals surface area contributed by atoms with Gasteiger partial charge in [-0.25, -0.2) is 13.1 Å². The van der Waals surface area contributed by atoms with Gasteiger partial charge in [0, 0.05) is 33.2 Å². The number of likely N-dealkylation sites (tertiary alicyclic amines) is 1. The fourth-order valence-electron chi connectivity index (χ4n) is 2.11. The van der Waals surface area contributed by atoms with Gasteiger partial charge in [-0.1, -0.05) is 13.8 Å². The lowest BCUT2D eigenvalue weighted by atomic mass is 9.93. The number of guanidine groups is 1. The van der Waals surface area contributed by atoms with Crippen LogP contribution in [0, 0.1) is 5.41 Å². The maximum Gasteiger partial charge on any atom is 0.211 e. The summed E-state index contributed by atoms with van der Waals surface area (Å²) in [4.78, 5) is 6.46. The first kappa shape index (κ1) is 16.2. The zero-order valence-corrected chi connectivity index (χ0v) is 13.2. The smallest absolute Gasteiger partial charge is 0.211 e. The summed E-state index contributed by atoms with van der Waals surface area (Å²) in [5, 5.41) is 3.19. The Bertz CT molecular complexity index is 417. The molecule has 1 heterocycles. The van der Waals surface area contributed by atoms with Gasteiger partial charge in [0.25, 0.3) is 0 Å². The molecule has 0 aromatic rings. The van der Waals surface area contributed by atoms with Gasteiger partial charge < -0.3 is 10.2 Å². The number of aliphatic imine (C=N–C) groups is 1. The Morgan fingerprint density at radius 3 is 2.53 bits per heavy atom. The van der Waals surface area contributed by atoms with E-state index in [1.54, 1.807) is 14.0 Å². The van der Waals surface area contributed by atoms with E-state index in [2.05, 4.69) is 33.8 Å². The molecule has 0 saturated carbocycles. The third kappa shape index (κ3) is 5.36. The third-order valence-corrected chi connectivity index (χ3v) is 4.70. The highest BCUT2D eigenvalue weighted by Gasteiger charge is 2.30. The summed E-state index contributed by atoms with van der Waals surface area (Å²) < 4.78 is 25.1. The van der Waals surface area contributed by atoms with E-state index in [9.17, 15) is 8.42 Å². The molecule has 0 bridgehead atoms. The van der Waals surface area contributed by atoms with Gasteiger partial charge in [0.05, 0.1) is 5.75 Å². The highest BCUT2D eigenvalue weighted by molar-refractivity contribution is 7.89. The largest absolute Gasteiger partial charge is 0.355 e. The monoisotopic (exact) mass is 290 g/mol. The molecule has 1 fully saturated rings. The van der Waals surface area contributed by atoms with Crippen molar-refractivity contribution < 1.29 is 8.42 Å². The van der Waals surface area contributed by atoms with Crippen LogP contribution >= 0.6 is 0 Å². The van der Waals surface area contributed by atoms with Gasteiger partial charge >= 0.3 is 0 Å². The Kier molecular flexibility index (Phi) is 5.61. The molecule has 6 nitrogen and oxygen atoms in total. The predicted octanol–water partition coefficient (Wildman–Crippen LogP) is 0.233. The molecule has 19 heavy (non-hydrogen) atoms. The molecule has 112 valence electrons. The standard InChI is InChI=1S/C12H26N4O2S/c1-5-19(17,18)15-8-7-14-11(13-4)16-9-6-12(2,3)10-16/h15H,5-10H2,1-4H3,(H,13,14). The summed E-state index contributed by atoms with van der Waals surface area (Å²) >= 11 is 0. The second kappa shape index (κ2) is 6.56. The molecule has 0 unspecified atom stereocenters. The van der Waals surface area contributed by atoms with E-state index in [0.717, 1.165) is 25.5 Å². The predicted molar refractivity (Wildman–Crippen MR) is 78.8 cm³/mol. The highest BCUT2D eigenvalue weighted by Crippen LogP contribution is 2.28. The molecule has 0 aliphatic carbocycles. The van der Waals surface area contributed by atoms with Gasteiger partial charge in [-0.05, 0) is 18.8 Å². The first-order valence-electron chi connectivity index (χ1n) is 6.72. The van der Waals surface area contributed by atoms with Crippen LogP contribution < -0.4 is 10.0 Å². The lowest BCUT2D eigenvalue weighted by Gasteiger charge is -2.23. The van der Waals surface area contributed by atoms with Gasteiger partial charge in [0.15, 0.2) is 5.96 Å². The van der Waals surface area contributed by atoms with E-state index in [1.165, 1.54) is 0 Å². The molecule has 1 aliphatic heterocycles. The second-order valence-corrected chi connectivity index (χ2v) is 7.70. The average Bonchev–Trinajstić information content (AvgIpc) is 2.69. The Balaban J connectivity index is 2.35. The van der Waals surface area contributed by atoms with E-state index < -0.39 is 10.0 Å². The zero-order valence-electron chi connectivity index (χ0n) is 12.4. The van der Waals surface area contributed by atoms with E-state index in [4.69, 9.17) is 0 Å². The quantitative estimate of drug-likeness (QED) is 0.432. The average molecular weight is 290 g/mol. The van der Waals surface area contributed by atoms with Crippen LogP contribution in [-0.2, 0) is 10.0 Å². The van der Waals surface area contributed by atoms with E-state index in [1.807, 2.05) is 0 Å². The minimum absolute atomic E-state index is 0.113. The molecule has 1 saturated heterocycles. The molecule has 1 aliphatic rings. The van der Waals surface area contributed by atoms with Crippen molar-refractivity contribution in [2.45, 2.75) is 27.2 Å². The van der Waals surface area contributed by atoms with Crippen molar-refractivity contribution in [1.29, 1.82) is 0 Å². The van der Waals surface area contributed by atoms with E-state index >= 15 is 0 Å². The molecule has 1 rings (SSSR count). The fourth-order valence-corrected chi connectivity index (χ4v) is 2.73. The minimum Gasteiger partial charge on any atom is -0.355 e. The maximum absolute atomic E-state index is 11.3. The Morgan fingerprint density at radius 1 is 1.37 bits per heavy atom. The molecule has 0 atom stereocenters. The Hall–Kier alpha value is -0.820. The number of sulfonamides is 1. The summed E-state index contributed by atoms with van der Waals surface area (Å²) in [6, 6.07) is 0. The molecule has 0 aromatic heterocycles. The molecule has 2 N–H and O–H groups in total. The third-order valence-electron chi connectivity index (χ3n) is 3.30. The molecule has 0 amide bonds. The van der Waals surface area contributed by atoms with Crippen molar-refractivity contribution in [3.05, 3.63) is 0 Å². The summed E-state index contributed by atoms with van der Waals surface area (Å²) in [6.07, 6.45) is 1.15. The van der Waals surface area contributed by atoms with Crippen LogP contribution in [0.1, 0.15) is 27.2 Å². The highest BCUT2D eigenvalue weighted by atomic mass is 32.2. The van der Waals surface area contributed by atoms with Crippen molar-refractivity contribution in [2.75, 3.05) is 39.0 Å². The molecule has 0 aromatic carbocycles. The van der Waals surface area contributed by atoms with Crippen LogP contribution in [0.15, 0.2) is 4.99 Å². The normalized spacial score (nSPS) is 19.8. The van der Waals surface area contributed by atoms with Crippen molar-refractivity contribution >= 4 is 16.0 Å². The minimum atomic E-state index is -3.11. The topological polar surface area (TPSA) is 73.8 Å². The van der Waals surface area contributed by atoms with Crippen LogP contribution in [0.25, 0.3) is 0 Å². The van der Waals surface area contributed by atoms with Crippen LogP contribution in [0.4, 0.5) is 0 Å².